The van der Waals surface area contributed by atoms with E-state index in [0.29, 0.717) is 5.78 Å². The van der Waals surface area contributed by atoms with Gasteiger partial charge in [0.1, 0.15) is 0 Å². The van der Waals surface area contributed by atoms with Crippen LogP contribution in [0.3, 0.4) is 0 Å². The molecule has 0 bridgehead atoms. The fourth-order valence-electron chi connectivity index (χ4n) is 1.94. The Hall–Kier alpha value is -2.51. The molecule has 2 heterocycles. The van der Waals surface area contributed by atoms with Gasteiger partial charge in [0.15, 0.2) is 0 Å². The van der Waals surface area contributed by atoms with Gasteiger partial charge < -0.3 is 10.1 Å². The monoisotopic (exact) mass is 291 g/mol. The van der Waals surface area contributed by atoms with Crippen LogP contribution in [0.2, 0.25) is 0 Å². The lowest BCUT2D eigenvalue weighted by atomic mass is 10.2. The minimum atomic E-state index is -0.450. The van der Waals surface area contributed by atoms with Crippen molar-refractivity contribution in [1.29, 1.82) is 0 Å². The fourth-order valence-corrected chi connectivity index (χ4v) is 1.94. The van der Waals surface area contributed by atoms with Crippen LogP contribution in [0.25, 0.3) is 5.78 Å². The summed E-state index contributed by atoms with van der Waals surface area (Å²) in [6.45, 7) is 5.41. The predicted molar refractivity (Wildman–Crippen MR) is 73.8 cm³/mol. The smallest absolute Gasteiger partial charge is 0.307 e. The first-order chi connectivity index (χ1) is 9.90. The van der Waals surface area contributed by atoms with Crippen molar-refractivity contribution in [3.8, 4) is 0 Å². The number of methoxy groups -OCH3 is 1. The van der Waals surface area contributed by atoms with Gasteiger partial charge in [0.05, 0.1) is 13.5 Å². The summed E-state index contributed by atoms with van der Waals surface area (Å²) >= 11 is 0. The Labute approximate surface area is 121 Å². The first kappa shape index (κ1) is 14.9. The van der Waals surface area contributed by atoms with Crippen LogP contribution < -0.4 is 5.32 Å². The van der Waals surface area contributed by atoms with E-state index < -0.39 is 5.91 Å². The van der Waals surface area contributed by atoms with Gasteiger partial charge >= 0.3 is 5.97 Å². The summed E-state index contributed by atoms with van der Waals surface area (Å²) in [5.41, 5.74) is 1.64. The molecule has 2 rings (SSSR count). The molecule has 0 fully saturated rings. The average molecular weight is 291 g/mol. The summed E-state index contributed by atoms with van der Waals surface area (Å²) in [5.74, 6) is -0.445. The molecule has 0 spiro atoms. The molecule has 0 radical (unpaired) electrons. The fraction of sp³-hybridized carbons (Fsp3) is 0.462. The van der Waals surface area contributed by atoms with E-state index in [9.17, 15) is 9.59 Å². The Morgan fingerprint density at radius 2 is 2.10 bits per heavy atom. The Bertz CT molecular complexity index is 694. The first-order valence-corrected chi connectivity index (χ1v) is 6.49. The third-order valence-corrected chi connectivity index (χ3v) is 2.90. The third-order valence-electron chi connectivity index (χ3n) is 2.90. The van der Waals surface area contributed by atoms with Crippen LogP contribution in [0.1, 0.15) is 35.4 Å². The lowest BCUT2D eigenvalue weighted by molar-refractivity contribution is -0.141. The molecule has 2 aromatic heterocycles. The molecule has 2 aromatic rings. The van der Waals surface area contributed by atoms with Crippen LogP contribution >= 0.6 is 0 Å². The van der Waals surface area contributed by atoms with Crippen LogP contribution in [-0.4, -0.2) is 44.6 Å². The number of carbonyl (C=O) groups is 2. The normalized spacial score (nSPS) is 12.2. The molecular weight excluding hydrogens is 274 g/mol. The second-order valence-corrected chi connectivity index (χ2v) is 4.84. The van der Waals surface area contributed by atoms with Gasteiger partial charge in [0, 0.05) is 17.4 Å². The number of nitrogens with zero attached hydrogens (tertiary/aromatic N) is 4. The number of amides is 1. The van der Waals surface area contributed by atoms with Crippen molar-refractivity contribution in [3.63, 3.8) is 0 Å². The highest BCUT2D eigenvalue weighted by molar-refractivity contribution is 5.91. The van der Waals surface area contributed by atoms with E-state index in [1.165, 1.54) is 11.6 Å². The highest BCUT2D eigenvalue weighted by atomic mass is 16.5. The maximum atomic E-state index is 12.1. The van der Waals surface area contributed by atoms with Crippen molar-refractivity contribution in [2.45, 2.75) is 33.2 Å². The second-order valence-electron chi connectivity index (χ2n) is 4.84. The molecule has 0 saturated carbocycles. The summed E-state index contributed by atoms with van der Waals surface area (Å²) in [7, 11) is 1.30. The minimum absolute atomic E-state index is 0.0212. The number of rotatable bonds is 4. The summed E-state index contributed by atoms with van der Waals surface area (Å²) in [6.07, 6.45) is 0.0893. The molecule has 1 unspecified atom stereocenters. The van der Waals surface area contributed by atoms with E-state index in [1.807, 2.05) is 19.9 Å². The summed E-state index contributed by atoms with van der Waals surface area (Å²) in [6, 6.07) is 1.48. The van der Waals surface area contributed by atoms with Gasteiger partial charge in [-0.3, -0.25) is 9.59 Å². The van der Waals surface area contributed by atoms with E-state index in [2.05, 4.69) is 25.1 Å². The van der Waals surface area contributed by atoms with Crippen molar-refractivity contribution >= 4 is 17.7 Å². The molecule has 0 aliphatic carbocycles. The Balaban J connectivity index is 2.16. The number of esters is 1. The van der Waals surface area contributed by atoms with Crippen LogP contribution in [0.15, 0.2) is 6.07 Å². The van der Waals surface area contributed by atoms with Crippen molar-refractivity contribution in [1.82, 2.24) is 24.9 Å². The second kappa shape index (κ2) is 5.86. The number of aryl methyl sites for hydroxylation is 2. The van der Waals surface area contributed by atoms with E-state index in [4.69, 9.17) is 0 Å². The molecule has 0 aromatic carbocycles. The molecule has 8 heteroatoms. The van der Waals surface area contributed by atoms with Gasteiger partial charge in [-0.1, -0.05) is 0 Å². The van der Waals surface area contributed by atoms with E-state index in [-0.39, 0.29) is 24.3 Å². The van der Waals surface area contributed by atoms with Crippen molar-refractivity contribution in [2.24, 2.45) is 0 Å². The average Bonchev–Trinajstić information content (AvgIpc) is 2.82. The summed E-state index contributed by atoms with van der Waals surface area (Å²) in [5, 5.41) is 6.77. The van der Waals surface area contributed by atoms with Gasteiger partial charge in [-0.2, -0.15) is 4.98 Å². The Morgan fingerprint density at radius 1 is 1.38 bits per heavy atom. The van der Waals surface area contributed by atoms with Crippen LogP contribution in [0.5, 0.6) is 0 Å². The summed E-state index contributed by atoms with van der Waals surface area (Å²) in [4.78, 5) is 31.5. The Morgan fingerprint density at radius 3 is 2.76 bits per heavy atom. The standard InChI is InChI=1S/C13H17N5O3/c1-7-5-9(3)18-13(15-7)16-11(17-18)12(20)14-8(2)6-10(19)21-4/h5,8H,6H2,1-4H3,(H,14,20). The number of nitrogens with one attached hydrogen (secondary N) is 1. The maximum Gasteiger partial charge on any atom is 0.307 e. The zero-order valence-electron chi connectivity index (χ0n) is 12.4. The molecule has 1 N–H and O–H groups in total. The van der Waals surface area contributed by atoms with Gasteiger partial charge in [-0.25, -0.2) is 9.50 Å². The summed E-state index contributed by atoms with van der Waals surface area (Å²) < 4.78 is 6.06. The highest BCUT2D eigenvalue weighted by Gasteiger charge is 2.18. The number of carbonyl (C=O) groups excluding carboxylic acids is 2. The molecular formula is C13H17N5O3. The largest absolute Gasteiger partial charge is 0.469 e. The molecule has 21 heavy (non-hydrogen) atoms. The van der Waals surface area contributed by atoms with Crippen LogP contribution in [0.4, 0.5) is 0 Å². The van der Waals surface area contributed by atoms with Crippen LogP contribution in [-0.2, 0) is 9.53 Å². The van der Waals surface area contributed by atoms with Crippen molar-refractivity contribution < 1.29 is 14.3 Å². The topological polar surface area (TPSA) is 98.5 Å². The molecule has 1 amide bonds. The van der Waals surface area contributed by atoms with E-state index in [0.717, 1.165) is 11.4 Å². The number of aromatic nitrogens is 4. The lowest BCUT2D eigenvalue weighted by Gasteiger charge is -2.10. The van der Waals surface area contributed by atoms with E-state index in [1.54, 1.807) is 6.92 Å². The zero-order chi connectivity index (χ0) is 15.6. The highest BCUT2D eigenvalue weighted by Crippen LogP contribution is 2.05. The van der Waals surface area contributed by atoms with Crippen molar-refractivity contribution in [2.75, 3.05) is 7.11 Å². The maximum absolute atomic E-state index is 12.1. The molecule has 0 saturated heterocycles. The van der Waals surface area contributed by atoms with Gasteiger partial charge in [-0.05, 0) is 26.8 Å². The number of hydrogen-bond acceptors (Lipinski definition) is 6. The molecule has 0 aliphatic heterocycles. The van der Waals surface area contributed by atoms with Gasteiger partial charge in [0.2, 0.25) is 5.82 Å². The first-order valence-electron chi connectivity index (χ1n) is 6.49. The quantitative estimate of drug-likeness (QED) is 0.820. The number of hydrogen-bond donors (Lipinski definition) is 1. The van der Waals surface area contributed by atoms with Gasteiger partial charge in [-0.15, -0.1) is 5.10 Å². The molecule has 0 aliphatic rings. The molecule has 8 nitrogen and oxygen atoms in total. The predicted octanol–water partition coefficient (Wildman–Crippen LogP) is 0.423. The van der Waals surface area contributed by atoms with Crippen molar-refractivity contribution in [3.05, 3.63) is 23.3 Å². The molecule has 1 atom stereocenters. The SMILES string of the molecule is COC(=O)CC(C)NC(=O)c1nc2nc(C)cc(C)n2n1. The van der Waals surface area contributed by atoms with E-state index >= 15 is 0 Å². The minimum Gasteiger partial charge on any atom is -0.469 e. The lowest BCUT2D eigenvalue weighted by Crippen LogP contribution is -2.35. The van der Waals surface area contributed by atoms with Gasteiger partial charge in [0.25, 0.3) is 11.7 Å². The number of fused-ring (bicyclic) bond motifs is 1. The third kappa shape index (κ3) is 3.33. The number of ether oxygens (including phenoxy) is 1. The Kier molecular flexibility index (Phi) is 4.15. The molecule has 112 valence electrons. The zero-order valence-corrected chi connectivity index (χ0v) is 12.4. The van der Waals surface area contributed by atoms with Crippen LogP contribution in [0, 0.1) is 13.8 Å².